The predicted octanol–water partition coefficient (Wildman–Crippen LogP) is 4.08. The molecule has 6 rings (SSSR count). The third-order valence-corrected chi connectivity index (χ3v) is 7.25. The average molecular weight is 485 g/mol. The zero-order chi connectivity index (χ0) is 24.5. The van der Waals surface area contributed by atoms with Gasteiger partial charge in [-0.15, -0.1) is 0 Å². The van der Waals surface area contributed by atoms with Crippen LogP contribution in [-0.2, 0) is 6.18 Å². The maximum Gasteiger partial charge on any atom is 0.417 e. The SMILES string of the molecule is Cc1ccc(-c2ncc(F)cn2)c(C(=O)N2CC3CC34CC(Oc3ccc(C(F)(F)F)cn3)C24)n1. The van der Waals surface area contributed by atoms with Crippen LogP contribution >= 0.6 is 0 Å². The van der Waals surface area contributed by atoms with Crippen LogP contribution in [0.5, 0.6) is 5.88 Å². The number of carbonyl (C=O) groups excluding carboxylic acids is 1. The van der Waals surface area contributed by atoms with Gasteiger partial charge in [0.2, 0.25) is 5.88 Å². The highest BCUT2D eigenvalue weighted by molar-refractivity contribution is 5.99. The molecule has 4 unspecified atom stereocenters. The van der Waals surface area contributed by atoms with E-state index < -0.39 is 17.6 Å². The van der Waals surface area contributed by atoms with Crippen LogP contribution < -0.4 is 4.74 Å². The second-order valence-electron chi connectivity index (χ2n) is 9.35. The number of ether oxygens (including phenoxy) is 1. The van der Waals surface area contributed by atoms with E-state index in [9.17, 15) is 22.4 Å². The maximum absolute atomic E-state index is 13.7. The number of hydrogen-bond donors (Lipinski definition) is 0. The van der Waals surface area contributed by atoms with Gasteiger partial charge in [-0.05, 0) is 43.9 Å². The standard InChI is InChI=1S/C24H19F4N5O2/c1-12-2-4-16(21-30-9-15(25)10-31-21)19(32-12)22(34)33-11-14-6-23(14)7-17(20(23)33)35-18-5-3-13(8-29-18)24(26,27)28/h2-5,8-10,14,17,20H,6-7,11H2,1H3. The van der Waals surface area contributed by atoms with E-state index in [1.807, 2.05) is 0 Å². The fraction of sp³-hybridized carbons (Fsp3) is 0.375. The minimum absolute atomic E-state index is 0.0252. The van der Waals surface area contributed by atoms with E-state index in [2.05, 4.69) is 19.9 Å². The fourth-order valence-corrected chi connectivity index (χ4v) is 5.51. The highest BCUT2D eigenvalue weighted by Gasteiger charge is 2.76. The summed E-state index contributed by atoms with van der Waals surface area (Å²) in [5, 5.41) is 0. The molecule has 4 heterocycles. The number of rotatable bonds is 4. The second kappa shape index (κ2) is 7.43. The van der Waals surface area contributed by atoms with Gasteiger partial charge in [0.1, 0.15) is 11.8 Å². The number of piperidine rings is 1. The summed E-state index contributed by atoms with van der Waals surface area (Å²) in [5.74, 6) is -0.260. The molecule has 2 aliphatic carbocycles. The molecule has 0 aromatic carbocycles. The molecule has 1 spiro atoms. The lowest BCUT2D eigenvalue weighted by Gasteiger charge is -2.46. The Morgan fingerprint density at radius 1 is 1.09 bits per heavy atom. The van der Waals surface area contributed by atoms with Crippen molar-refractivity contribution in [3.8, 4) is 17.3 Å². The smallest absolute Gasteiger partial charge is 0.417 e. The highest BCUT2D eigenvalue weighted by atomic mass is 19.4. The van der Waals surface area contributed by atoms with Gasteiger partial charge < -0.3 is 9.64 Å². The van der Waals surface area contributed by atoms with Gasteiger partial charge in [0, 0.05) is 29.9 Å². The monoisotopic (exact) mass is 485 g/mol. The molecule has 3 fully saturated rings. The van der Waals surface area contributed by atoms with Crippen LogP contribution in [0, 0.1) is 24.1 Å². The van der Waals surface area contributed by atoms with Crippen molar-refractivity contribution in [3.05, 3.63) is 65.6 Å². The van der Waals surface area contributed by atoms with E-state index in [1.54, 1.807) is 24.0 Å². The average Bonchev–Trinajstić information content (AvgIpc) is 3.47. The first-order chi connectivity index (χ1) is 16.7. The van der Waals surface area contributed by atoms with Gasteiger partial charge in [-0.3, -0.25) is 4.79 Å². The van der Waals surface area contributed by atoms with Crippen LogP contribution in [-0.4, -0.2) is 49.4 Å². The van der Waals surface area contributed by atoms with E-state index in [4.69, 9.17) is 4.74 Å². The number of amides is 1. The van der Waals surface area contributed by atoms with Crippen molar-refractivity contribution in [2.45, 2.75) is 38.1 Å². The van der Waals surface area contributed by atoms with Crippen molar-refractivity contribution in [1.82, 2.24) is 24.8 Å². The Labute approximate surface area is 197 Å². The lowest BCUT2D eigenvalue weighted by molar-refractivity contribution is -0.137. The van der Waals surface area contributed by atoms with Crippen LogP contribution in [0.4, 0.5) is 17.6 Å². The van der Waals surface area contributed by atoms with E-state index in [0.29, 0.717) is 30.1 Å². The summed E-state index contributed by atoms with van der Waals surface area (Å²) in [7, 11) is 0. The normalized spacial score (nSPS) is 26.5. The van der Waals surface area contributed by atoms with Crippen LogP contribution in [0.1, 0.15) is 34.6 Å². The first kappa shape index (κ1) is 21.9. The molecule has 1 amide bonds. The highest BCUT2D eigenvalue weighted by Crippen LogP contribution is 2.71. The maximum atomic E-state index is 13.7. The van der Waals surface area contributed by atoms with Gasteiger partial charge in [-0.25, -0.2) is 24.3 Å². The molecular formula is C24H19F4N5O2. The zero-order valence-electron chi connectivity index (χ0n) is 18.5. The number of aryl methyl sites for hydroxylation is 1. The number of alkyl halides is 3. The molecule has 180 valence electrons. The van der Waals surface area contributed by atoms with Crippen molar-refractivity contribution in [2.24, 2.45) is 11.3 Å². The third kappa shape index (κ3) is 3.52. The van der Waals surface area contributed by atoms with Crippen LogP contribution in [0.25, 0.3) is 11.4 Å². The quantitative estimate of drug-likeness (QED) is 0.518. The van der Waals surface area contributed by atoms with Gasteiger partial charge in [0.15, 0.2) is 11.6 Å². The third-order valence-electron chi connectivity index (χ3n) is 7.25. The molecular weight excluding hydrogens is 466 g/mol. The number of pyridine rings is 2. The summed E-state index contributed by atoms with van der Waals surface area (Å²) >= 11 is 0. The van der Waals surface area contributed by atoms with Crippen LogP contribution in [0.15, 0.2) is 42.9 Å². The molecule has 0 N–H and O–H groups in total. The molecule has 35 heavy (non-hydrogen) atoms. The van der Waals surface area contributed by atoms with Gasteiger partial charge >= 0.3 is 6.18 Å². The Bertz CT molecular complexity index is 1310. The molecule has 3 aliphatic rings. The van der Waals surface area contributed by atoms with Crippen LogP contribution in [0.2, 0.25) is 0 Å². The minimum atomic E-state index is -4.48. The second-order valence-corrected chi connectivity index (χ2v) is 9.35. The largest absolute Gasteiger partial charge is 0.472 e. The molecule has 3 aromatic heterocycles. The minimum Gasteiger partial charge on any atom is -0.472 e. The number of hydrogen-bond acceptors (Lipinski definition) is 6. The molecule has 3 aromatic rings. The molecule has 4 atom stereocenters. The molecule has 7 nitrogen and oxygen atoms in total. The Balaban J connectivity index is 1.27. The number of carbonyl (C=O) groups is 1. The Kier molecular flexibility index (Phi) is 4.64. The lowest BCUT2D eigenvalue weighted by atomic mass is 9.73. The molecule has 0 bridgehead atoms. The first-order valence-corrected chi connectivity index (χ1v) is 11.1. The Morgan fingerprint density at radius 3 is 2.54 bits per heavy atom. The zero-order valence-corrected chi connectivity index (χ0v) is 18.5. The van der Waals surface area contributed by atoms with Gasteiger partial charge in [0.25, 0.3) is 5.91 Å². The molecule has 2 saturated carbocycles. The summed E-state index contributed by atoms with van der Waals surface area (Å²) in [5.41, 5.74) is 0.329. The molecule has 11 heteroatoms. The lowest BCUT2D eigenvalue weighted by Crippen LogP contribution is -2.59. The summed E-state index contributed by atoms with van der Waals surface area (Å²) in [6.45, 7) is 2.31. The van der Waals surface area contributed by atoms with Crippen molar-refractivity contribution < 1.29 is 27.1 Å². The Hall–Kier alpha value is -3.63. The van der Waals surface area contributed by atoms with E-state index in [1.165, 1.54) is 6.07 Å². The molecule has 0 radical (unpaired) electrons. The van der Waals surface area contributed by atoms with Crippen molar-refractivity contribution in [1.29, 1.82) is 0 Å². The first-order valence-electron chi connectivity index (χ1n) is 11.1. The van der Waals surface area contributed by atoms with Crippen molar-refractivity contribution in [3.63, 3.8) is 0 Å². The topological polar surface area (TPSA) is 81.1 Å². The van der Waals surface area contributed by atoms with Gasteiger partial charge in [0.05, 0.1) is 29.6 Å². The number of aromatic nitrogens is 4. The van der Waals surface area contributed by atoms with Gasteiger partial charge in [-0.1, -0.05) is 0 Å². The summed E-state index contributed by atoms with van der Waals surface area (Å²) in [6.07, 6.45) is -0.360. The van der Waals surface area contributed by atoms with Crippen molar-refractivity contribution in [2.75, 3.05) is 6.54 Å². The predicted molar refractivity (Wildman–Crippen MR) is 114 cm³/mol. The van der Waals surface area contributed by atoms with E-state index in [-0.39, 0.29) is 40.9 Å². The van der Waals surface area contributed by atoms with Gasteiger partial charge in [-0.2, -0.15) is 13.2 Å². The number of likely N-dealkylation sites (tertiary alicyclic amines) is 1. The van der Waals surface area contributed by atoms with E-state index in [0.717, 1.165) is 31.1 Å². The number of nitrogens with zero attached hydrogens (tertiary/aromatic N) is 5. The van der Waals surface area contributed by atoms with Crippen molar-refractivity contribution >= 4 is 5.91 Å². The summed E-state index contributed by atoms with van der Waals surface area (Å²) in [4.78, 5) is 31.7. The summed E-state index contributed by atoms with van der Waals surface area (Å²) < 4.78 is 57.8. The molecule has 1 aliphatic heterocycles. The summed E-state index contributed by atoms with van der Waals surface area (Å²) in [6, 6.07) is 5.32. The number of halogens is 4. The Morgan fingerprint density at radius 2 is 1.86 bits per heavy atom. The molecule has 1 saturated heterocycles. The van der Waals surface area contributed by atoms with E-state index >= 15 is 0 Å². The van der Waals surface area contributed by atoms with Crippen LogP contribution in [0.3, 0.4) is 0 Å². The fourth-order valence-electron chi connectivity index (χ4n) is 5.51.